The van der Waals surface area contributed by atoms with Gasteiger partial charge in [-0.1, -0.05) is 25.0 Å². The molecule has 0 aromatic carbocycles. The Morgan fingerprint density at radius 3 is 2.92 bits per heavy atom. The molecule has 0 aromatic heterocycles. The van der Waals surface area contributed by atoms with Gasteiger partial charge in [-0.3, -0.25) is 0 Å². The van der Waals surface area contributed by atoms with E-state index in [2.05, 4.69) is 17.5 Å². The van der Waals surface area contributed by atoms with E-state index in [9.17, 15) is 5.11 Å². The predicted molar refractivity (Wildman–Crippen MR) is 53.5 cm³/mol. The molecule has 74 valence electrons. The average Bonchev–Trinajstić information content (AvgIpc) is 2.55. The minimum atomic E-state index is -0.454. The maximum Gasteiger partial charge on any atom is 0.0665 e. The number of hydrogen-bond donors (Lipinski definition) is 2. The molecule has 2 aliphatic rings. The van der Waals surface area contributed by atoms with Crippen molar-refractivity contribution < 1.29 is 5.11 Å². The highest BCUT2D eigenvalue weighted by Gasteiger charge is 2.38. The lowest BCUT2D eigenvalue weighted by Gasteiger charge is -2.40. The zero-order chi connectivity index (χ0) is 9.31. The highest BCUT2D eigenvalue weighted by atomic mass is 16.3. The summed E-state index contributed by atoms with van der Waals surface area (Å²) < 4.78 is 0. The number of hydrogen-bond acceptors (Lipinski definition) is 2. The van der Waals surface area contributed by atoms with Gasteiger partial charge in [0.1, 0.15) is 0 Å². The summed E-state index contributed by atoms with van der Waals surface area (Å²) in [6.45, 7) is 2.96. The second kappa shape index (κ2) is 3.43. The number of rotatable bonds is 1. The summed E-state index contributed by atoms with van der Waals surface area (Å²) in [6, 6.07) is 0.412. The van der Waals surface area contributed by atoms with Gasteiger partial charge in [0, 0.05) is 18.5 Å². The SMILES string of the molecule is CC1(O)CCCCC1C1C=CCN1. The van der Waals surface area contributed by atoms with Crippen LogP contribution >= 0.6 is 0 Å². The summed E-state index contributed by atoms with van der Waals surface area (Å²) >= 11 is 0. The fourth-order valence-electron chi connectivity index (χ4n) is 2.67. The van der Waals surface area contributed by atoms with Crippen molar-refractivity contribution in [3.63, 3.8) is 0 Å². The van der Waals surface area contributed by atoms with Crippen molar-refractivity contribution in [1.29, 1.82) is 0 Å². The Bertz CT molecular complexity index is 210. The van der Waals surface area contributed by atoms with E-state index in [1.807, 2.05) is 6.92 Å². The molecule has 13 heavy (non-hydrogen) atoms. The fraction of sp³-hybridized carbons (Fsp3) is 0.818. The summed E-state index contributed by atoms with van der Waals surface area (Å²) in [5.74, 6) is 0.417. The third kappa shape index (κ3) is 1.79. The van der Waals surface area contributed by atoms with E-state index >= 15 is 0 Å². The first-order valence-corrected chi connectivity index (χ1v) is 5.32. The van der Waals surface area contributed by atoms with Crippen LogP contribution in [0.3, 0.4) is 0 Å². The Balaban J connectivity index is 2.06. The second-order valence-corrected chi connectivity index (χ2v) is 4.57. The smallest absolute Gasteiger partial charge is 0.0665 e. The largest absolute Gasteiger partial charge is 0.390 e. The molecule has 2 N–H and O–H groups in total. The molecule has 1 saturated carbocycles. The van der Waals surface area contributed by atoms with E-state index in [1.165, 1.54) is 12.8 Å². The van der Waals surface area contributed by atoms with Gasteiger partial charge in [0.15, 0.2) is 0 Å². The maximum atomic E-state index is 10.2. The van der Waals surface area contributed by atoms with Crippen molar-refractivity contribution in [1.82, 2.24) is 5.32 Å². The normalized spacial score (nSPS) is 45.4. The van der Waals surface area contributed by atoms with Crippen molar-refractivity contribution in [2.75, 3.05) is 6.54 Å². The number of nitrogens with one attached hydrogen (secondary N) is 1. The predicted octanol–water partition coefficient (Wildman–Crippen LogP) is 1.46. The second-order valence-electron chi connectivity index (χ2n) is 4.57. The summed E-state index contributed by atoms with van der Waals surface area (Å²) in [6.07, 6.45) is 8.95. The Morgan fingerprint density at radius 2 is 2.31 bits per heavy atom. The van der Waals surface area contributed by atoms with Gasteiger partial charge >= 0.3 is 0 Å². The minimum Gasteiger partial charge on any atom is -0.390 e. The van der Waals surface area contributed by atoms with Crippen LogP contribution in [0.25, 0.3) is 0 Å². The first-order valence-electron chi connectivity index (χ1n) is 5.32. The quantitative estimate of drug-likeness (QED) is 0.600. The van der Waals surface area contributed by atoms with Crippen LogP contribution in [0, 0.1) is 5.92 Å². The molecule has 1 aliphatic heterocycles. The molecule has 2 rings (SSSR count). The summed E-state index contributed by atoms with van der Waals surface area (Å²) in [5.41, 5.74) is -0.454. The molecule has 0 spiro atoms. The first-order chi connectivity index (χ1) is 6.20. The molecule has 2 heteroatoms. The van der Waals surface area contributed by atoms with Crippen LogP contribution in [0.5, 0.6) is 0 Å². The molecule has 1 heterocycles. The van der Waals surface area contributed by atoms with Crippen LogP contribution in [-0.4, -0.2) is 23.3 Å². The third-order valence-corrected chi connectivity index (χ3v) is 3.50. The van der Waals surface area contributed by atoms with E-state index < -0.39 is 5.60 Å². The zero-order valence-corrected chi connectivity index (χ0v) is 8.29. The van der Waals surface area contributed by atoms with Crippen LogP contribution in [-0.2, 0) is 0 Å². The number of aliphatic hydroxyl groups is 1. The van der Waals surface area contributed by atoms with E-state index in [0.717, 1.165) is 19.4 Å². The molecule has 0 amide bonds. The van der Waals surface area contributed by atoms with Crippen LogP contribution in [0.1, 0.15) is 32.6 Å². The van der Waals surface area contributed by atoms with Gasteiger partial charge in [-0.2, -0.15) is 0 Å². The van der Waals surface area contributed by atoms with Gasteiger partial charge < -0.3 is 10.4 Å². The van der Waals surface area contributed by atoms with E-state index in [4.69, 9.17) is 0 Å². The van der Waals surface area contributed by atoms with Crippen molar-refractivity contribution in [3.8, 4) is 0 Å². The molecule has 0 aromatic rings. The summed E-state index contributed by atoms with van der Waals surface area (Å²) in [5, 5.41) is 13.6. The van der Waals surface area contributed by atoms with Crippen molar-refractivity contribution in [2.45, 2.75) is 44.2 Å². The molecular formula is C11H19NO. The van der Waals surface area contributed by atoms with Crippen LogP contribution < -0.4 is 5.32 Å². The highest BCUT2D eigenvalue weighted by Crippen LogP contribution is 2.36. The Labute approximate surface area is 80.0 Å². The molecular weight excluding hydrogens is 162 g/mol. The van der Waals surface area contributed by atoms with Gasteiger partial charge in [-0.15, -0.1) is 0 Å². The van der Waals surface area contributed by atoms with Gasteiger partial charge in [0.25, 0.3) is 0 Å². The molecule has 3 atom stereocenters. The zero-order valence-electron chi connectivity index (χ0n) is 8.29. The van der Waals surface area contributed by atoms with E-state index in [0.29, 0.717) is 12.0 Å². The summed E-state index contributed by atoms with van der Waals surface area (Å²) in [7, 11) is 0. The Hall–Kier alpha value is -0.340. The first kappa shape index (κ1) is 9.22. The lowest BCUT2D eigenvalue weighted by atomic mass is 9.73. The molecule has 0 saturated heterocycles. The van der Waals surface area contributed by atoms with E-state index in [-0.39, 0.29) is 0 Å². The van der Waals surface area contributed by atoms with Gasteiger partial charge in [0.2, 0.25) is 0 Å². The Kier molecular flexibility index (Phi) is 2.43. The average molecular weight is 181 g/mol. The Morgan fingerprint density at radius 1 is 1.46 bits per heavy atom. The highest BCUT2D eigenvalue weighted by molar-refractivity contribution is 5.08. The molecule has 1 aliphatic carbocycles. The van der Waals surface area contributed by atoms with E-state index in [1.54, 1.807) is 0 Å². The fourth-order valence-corrected chi connectivity index (χ4v) is 2.67. The lowest BCUT2D eigenvalue weighted by molar-refractivity contribution is -0.0391. The standard InChI is InChI=1S/C11H19NO/c1-11(13)7-3-2-5-9(11)10-6-4-8-12-10/h4,6,9-10,12-13H,2-3,5,7-8H2,1H3. The van der Waals surface area contributed by atoms with Gasteiger partial charge in [0.05, 0.1) is 5.60 Å². The topological polar surface area (TPSA) is 32.3 Å². The molecule has 0 bridgehead atoms. The maximum absolute atomic E-state index is 10.2. The van der Waals surface area contributed by atoms with Gasteiger partial charge in [-0.05, 0) is 19.8 Å². The molecule has 2 nitrogen and oxygen atoms in total. The monoisotopic (exact) mass is 181 g/mol. The van der Waals surface area contributed by atoms with Crippen LogP contribution in [0.2, 0.25) is 0 Å². The van der Waals surface area contributed by atoms with Crippen molar-refractivity contribution >= 4 is 0 Å². The minimum absolute atomic E-state index is 0.412. The summed E-state index contributed by atoms with van der Waals surface area (Å²) in [4.78, 5) is 0. The lowest BCUT2D eigenvalue weighted by Crippen LogP contribution is -2.47. The van der Waals surface area contributed by atoms with Crippen LogP contribution in [0.15, 0.2) is 12.2 Å². The third-order valence-electron chi connectivity index (χ3n) is 3.50. The van der Waals surface area contributed by atoms with Crippen LogP contribution in [0.4, 0.5) is 0 Å². The molecule has 1 fully saturated rings. The van der Waals surface area contributed by atoms with Gasteiger partial charge in [-0.25, -0.2) is 0 Å². The molecule has 3 unspecified atom stereocenters. The van der Waals surface area contributed by atoms with Crippen molar-refractivity contribution in [3.05, 3.63) is 12.2 Å². The molecule has 0 radical (unpaired) electrons. The van der Waals surface area contributed by atoms with Crippen molar-refractivity contribution in [2.24, 2.45) is 5.92 Å².